The van der Waals surface area contributed by atoms with Crippen molar-refractivity contribution in [2.75, 3.05) is 0 Å². The fourth-order valence-corrected chi connectivity index (χ4v) is 1.54. The summed E-state index contributed by atoms with van der Waals surface area (Å²) in [6.07, 6.45) is 3.13. The molecule has 4 heteroatoms. The Kier molecular flexibility index (Phi) is 3.18. The van der Waals surface area contributed by atoms with E-state index in [0.717, 1.165) is 18.4 Å². The third-order valence-electron chi connectivity index (χ3n) is 1.58. The highest BCUT2D eigenvalue weighted by Crippen LogP contribution is 2.21. The summed E-state index contributed by atoms with van der Waals surface area (Å²) in [6.45, 7) is 2.01. The maximum absolute atomic E-state index is 11.0. The molecule has 0 aliphatic heterocycles. The van der Waals surface area contributed by atoms with Gasteiger partial charge >= 0.3 is 0 Å². The minimum atomic E-state index is -0.274. The quantitative estimate of drug-likeness (QED) is 0.792. The van der Waals surface area contributed by atoms with E-state index in [1.807, 2.05) is 6.92 Å². The summed E-state index contributed by atoms with van der Waals surface area (Å²) in [5.41, 5.74) is 0.467. The van der Waals surface area contributed by atoms with Crippen molar-refractivity contribution in [1.82, 2.24) is 4.98 Å². The van der Waals surface area contributed by atoms with E-state index >= 15 is 0 Å². The van der Waals surface area contributed by atoms with E-state index < -0.39 is 0 Å². The van der Waals surface area contributed by atoms with E-state index in [0.29, 0.717) is 5.02 Å². The molecule has 0 aliphatic carbocycles. The second-order valence-electron chi connectivity index (χ2n) is 2.51. The third kappa shape index (κ3) is 1.82. The first-order valence-corrected chi connectivity index (χ1v) is 4.48. The van der Waals surface area contributed by atoms with E-state index in [-0.39, 0.29) is 10.6 Å². The Morgan fingerprint density at radius 2 is 2.17 bits per heavy atom. The number of rotatable bonds is 2. The Morgan fingerprint density at radius 3 is 2.75 bits per heavy atom. The van der Waals surface area contributed by atoms with Crippen LogP contribution in [0.5, 0.6) is 0 Å². The Bertz CT molecular complexity index is 332. The van der Waals surface area contributed by atoms with E-state index in [1.54, 1.807) is 0 Å². The molecule has 0 spiro atoms. The number of aromatic nitrogens is 1. The largest absolute Gasteiger partial charge is 0.326 e. The predicted octanol–water partition coefficient (Wildman–Crippen LogP) is 2.63. The Labute approximate surface area is 80.5 Å². The summed E-state index contributed by atoms with van der Waals surface area (Å²) in [7, 11) is 0. The lowest BCUT2D eigenvalue weighted by Gasteiger charge is -2.02. The zero-order valence-corrected chi connectivity index (χ0v) is 8.17. The summed E-state index contributed by atoms with van der Waals surface area (Å²) >= 11 is 11.6. The van der Waals surface area contributed by atoms with Crippen LogP contribution < -0.4 is 5.56 Å². The van der Waals surface area contributed by atoms with Crippen molar-refractivity contribution in [3.8, 4) is 0 Å². The van der Waals surface area contributed by atoms with Crippen LogP contribution in [-0.2, 0) is 6.42 Å². The van der Waals surface area contributed by atoms with Crippen molar-refractivity contribution in [3.63, 3.8) is 0 Å². The number of halogens is 2. The van der Waals surface area contributed by atoms with Crippen LogP contribution in [0.25, 0.3) is 0 Å². The molecule has 0 saturated heterocycles. The number of pyridine rings is 1. The molecular weight excluding hydrogens is 197 g/mol. The molecule has 1 aromatic rings. The summed E-state index contributed by atoms with van der Waals surface area (Å²) < 4.78 is 0. The lowest BCUT2D eigenvalue weighted by molar-refractivity contribution is 0.915. The summed E-state index contributed by atoms with van der Waals surface area (Å²) in [5, 5.41) is 0.741. The van der Waals surface area contributed by atoms with Gasteiger partial charge in [-0.05, 0) is 12.0 Å². The molecule has 0 amide bonds. The van der Waals surface area contributed by atoms with Crippen molar-refractivity contribution < 1.29 is 0 Å². The molecule has 66 valence electrons. The van der Waals surface area contributed by atoms with E-state index in [4.69, 9.17) is 23.2 Å². The van der Waals surface area contributed by atoms with Crippen LogP contribution in [0.2, 0.25) is 10.0 Å². The Hall–Kier alpha value is -0.470. The van der Waals surface area contributed by atoms with Crippen LogP contribution >= 0.6 is 23.2 Å². The van der Waals surface area contributed by atoms with Gasteiger partial charge in [0.05, 0.1) is 5.02 Å². The standard InChI is InChI=1S/C8H9Cl2NO/c1-2-3-5-6(9)4-11-8(12)7(5)10/h4H,2-3H2,1H3,(H,11,12). The Balaban J connectivity index is 3.23. The first-order chi connectivity index (χ1) is 5.66. The fraction of sp³-hybridized carbons (Fsp3) is 0.375. The van der Waals surface area contributed by atoms with E-state index in [9.17, 15) is 4.79 Å². The fourth-order valence-electron chi connectivity index (χ4n) is 1.00. The molecule has 1 aromatic heterocycles. The molecule has 0 saturated carbocycles. The average Bonchev–Trinajstić information content (AvgIpc) is 2.06. The number of nitrogens with one attached hydrogen (secondary N) is 1. The van der Waals surface area contributed by atoms with E-state index in [1.165, 1.54) is 6.20 Å². The van der Waals surface area contributed by atoms with Gasteiger partial charge in [0.25, 0.3) is 5.56 Å². The third-order valence-corrected chi connectivity index (χ3v) is 2.32. The van der Waals surface area contributed by atoms with Gasteiger partial charge in [-0.2, -0.15) is 0 Å². The lowest BCUT2D eigenvalue weighted by atomic mass is 10.1. The van der Waals surface area contributed by atoms with Crippen LogP contribution in [0, 0.1) is 0 Å². The minimum Gasteiger partial charge on any atom is -0.326 e. The van der Waals surface area contributed by atoms with Crippen LogP contribution in [0.1, 0.15) is 18.9 Å². The molecule has 0 bridgehead atoms. The Morgan fingerprint density at radius 1 is 1.50 bits per heavy atom. The van der Waals surface area contributed by atoms with Crippen molar-refractivity contribution in [2.45, 2.75) is 19.8 Å². The first-order valence-electron chi connectivity index (χ1n) is 3.72. The van der Waals surface area contributed by atoms with Gasteiger partial charge in [-0.15, -0.1) is 0 Å². The summed E-state index contributed by atoms with van der Waals surface area (Å²) in [6, 6.07) is 0. The van der Waals surface area contributed by atoms with E-state index in [2.05, 4.69) is 4.98 Å². The maximum atomic E-state index is 11.0. The normalized spacial score (nSPS) is 10.2. The monoisotopic (exact) mass is 205 g/mol. The molecule has 0 aliphatic rings. The van der Waals surface area contributed by atoms with Crippen molar-refractivity contribution in [1.29, 1.82) is 0 Å². The average molecular weight is 206 g/mol. The van der Waals surface area contributed by atoms with Crippen molar-refractivity contribution in [2.24, 2.45) is 0 Å². The van der Waals surface area contributed by atoms with Crippen molar-refractivity contribution >= 4 is 23.2 Å². The molecule has 2 nitrogen and oxygen atoms in total. The number of H-pyrrole nitrogens is 1. The van der Waals surface area contributed by atoms with Crippen LogP contribution in [-0.4, -0.2) is 4.98 Å². The molecule has 0 aromatic carbocycles. The van der Waals surface area contributed by atoms with Gasteiger partial charge in [-0.1, -0.05) is 36.5 Å². The second kappa shape index (κ2) is 3.97. The maximum Gasteiger partial charge on any atom is 0.267 e. The topological polar surface area (TPSA) is 32.9 Å². The van der Waals surface area contributed by atoms with Crippen LogP contribution in [0.4, 0.5) is 0 Å². The van der Waals surface area contributed by atoms with Gasteiger partial charge in [-0.3, -0.25) is 4.79 Å². The smallest absolute Gasteiger partial charge is 0.267 e. The highest BCUT2D eigenvalue weighted by Gasteiger charge is 2.07. The highest BCUT2D eigenvalue weighted by molar-refractivity contribution is 6.35. The minimum absolute atomic E-state index is 0.212. The molecular formula is C8H9Cl2NO. The van der Waals surface area contributed by atoms with Crippen LogP contribution in [0.15, 0.2) is 11.0 Å². The molecule has 12 heavy (non-hydrogen) atoms. The number of hydrogen-bond donors (Lipinski definition) is 1. The van der Waals surface area contributed by atoms with Gasteiger partial charge in [0, 0.05) is 6.20 Å². The van der Waals surface area contributed by atoms with Gasteiger partial charge in [0.2, 0.25) is 0 Å². The second-order valence-corrected chi connectivity index (χ2v) is 3.29. The zero-order chi connectivity index (χ0) is 9.14. The molecule has 0 radical (unpaired) electrons. The molecule has 1 rings (SSSR count). The highest BCUT2D eigenvalue weighted by atomic mass is 35.5. The molecule has 0 fully saturated rings. The van der Waals surface area contributed by atoms with Gasteiger partial charge in [0.15, 0.2) is 0 Å². The SMILES string of the molecule is CCCc1c(Cl)c[nH]c(=O)c1Cl. The predicted molar refractivity (Wildman–Crippen MR) is 51.1 cm³/mol. The number of aromatic amines is 1. The summed E-state index contributed by atoms with van der Waals surface area (Å²) in [5.74, 6) is 0. The van der Waals surface area contributed by atoms with Crippen LogP contribution in [0.3, 0.4) is 0 Å². The van der Waals surface area contributed by atoms with Gasteiger partial charge in [-0.25, -0.2) is 0 Å². The van der Waals surface area contributed by atoms with Crippen molar-refractivity contribution in [3.05, 3.63) is 32.2 Å². The first kappa shape index (κ1) is 9.62. The zero-order valence-electron chi connectivity index (χ0n) is 6.66. The molecule has 0 atom stereocenters. The lowest BCUT2D eigenvalue weighted by Crippen LogP contribution is -2.08. The van der Waals surface area contributed by atoms with Gasteiger partial charge < -0.3 is 4.98 Å². The molecule has 1 heterocycles. The number of hydrogen-bond acceptors (Lipinski definition) is 1. The van der Waals surface area contributed by atoms with Gasteiger partial charge in [0.1, 0.15) is 5.02 Å². The molecule has 1 N–H and O–H groups in total. The molecule has 0 unspecified atom stereocenters. The summed E-state index contributed by atoms with van der Waals surface area (Å²) in [4.78, 5) is 13.5.